The van der Waals surface area contributed by atoms with Crippen molar-refractivity contribution < 1.29 is 14.3 Å². The van der Waals surface area contributed by atoms with Crippen LogP contribution in [0.15, 0.2) is 48.5 Å². The minimum Gasteiger partial charge on any atom is -0.493 e. The molecule has 0 spiro atoms. The van der Waals surface area contributed by atoms with Crippen molar-refractivity contribution >= 4 is 5.78 Å². The average molecular weight is 298 g/mol. The zero-order chi connectivity index (χ0) is 15.8. The first-order chi connectivity index (χ1) is 10.7. The lowest BCUT2D eigenvalue weighted by Gasteiger charge is -2.11. The molecule has 0 aliphatic rings. The van der Waals surface area contributed by atoms with Crippen LogP contribution in [-0.4, -0.2) is 19.5 Å². The second-order valence-electron chi connectivity index (χ2n) is 5.12. The maximum atomic E-state index is 12.1. The molecule has 0 heterocycles. The molecular weight excluding hydrogens is 276 g/mol. The van der Waals surface area contributed by atoms with Crippen molar-refractivity contribution in [2.24, 2.45) is 0 Å². The molecule has 0 saturated heterocycles. The second kappa shape index (κ2) is 8.23. The van der Waals surface area contributed by atoms with Gasteiger partial charge in [0.05, 0.1) is 13.7 Å². The molecule has 0 unspecified atom stereocenters. The van der Waals surface area contributed by atoms with Gasteiger partial charge in [0.25, 0.3) is 0 Å². The molecule has 2 rings (SSSR count). The molecule has 3 nitrogen and oxygen atoms in total. The maximum absolute atomic E-state index is 12.1. The van der Waals surface area contributed by atoms with Crippen LogP contribution in [0.25, 0.3) is 0 Å². The number of carbonyl (C=O) groups is 1. The largest absolute Gasteiger partial charge is 0.493 e. The number of ketones is 1. The van der Waals surface area contributed by atoms with Gasteiger partial charge < -0.3 is 9.47 Å². The van der Waals surface area contributed by atoms with Crippen molar-refractivity contribution in [2.45, 2.75) is 26.2 Å². The Kier molecular flexibility index (Phi) is 6.01. The summed E-state index contributed by atoms with van der Waals surface area (Å²) in [5.74, 6) is 1.63. The molecule has 0 atom stereocenters. The van der Waals surface area contributed by atoms with Gasteiger partial charge in [-0.1, -0.05) is 43.3 Å². The van der Waals surface area contributed by atoms with E-state index in [2.05, 4.69) is 6.92 Å². The molecule has 3 heteroatoms. The zero-order valence-electron chi connectivity index (χ0n) is 13.2. The number of rotatable bonds is 8. The number of methoxy groups -OCH3 is 1. The van der Waals surface area contributed by atoms with E-state index in [1.807, 2.05) is 48.5 Å². The van der Waals surface area contributed by atoms with Crippen LogP contribution in [0.4, 0.5) is 0 Å². The predicted molar refractivity (Wildman–Crippen MR) is 87.9 cm³/mol. The second-order valence-corrected chi connectivity index (χ2v) is 5.12. The Morgan fingerprint density at radius 1 is 1.05 bits per heavy atom. The lowest BCUT2D eigenvalue weighted by atomic mass is 10.0. The van der Waals surface area contributed by atoms with Crippen LogP contribution in [0.2, 0.25) is 0 Å². The van der Waals surface area contributed by atoms with Crippen LogP contribution < -0.4 is 9.47 Å². The molecule has 0 aliphatic heterocycles. The molecule has 2 aromatic rings. The number of hydrogen-bond donors (Lipinski definition) is 0. The lowest BCUT2D eigenvalue weighted by Crippen LogP contribution is -2.02. The third kappa shape index (κ3) is 4.35. The van der Waals surface area contributed by atoms with E-state index >= 15 is 0 Å². The van der Waals surface area contributed by atoms with Crippen LogP contribution in [0.3, 0.4) is 0 Å². The summed E-state index contributed by atoms with van der Waals surface area (Å²) in [5, 5.41) is 0. The fraction of sp³-hybridized carbons (Fsp3) is 0.316. The molecule has 0 N–H and O–H groups in total. The molecule has 0 saturated carbocycles. The summed E-state index contributed by atoms with van der Waals surface area (Å²) in [7, 11) is 1.63. The maximum Gasteiger partial charge on any atom is 0.163 e. The van der Waals surface area contributed by atoms with Crippen LogP contribution in [0.5, 0.6) is 11.5 Å². The molecule has 116 valence electrons. The van der Waals surface area contributed by atoms with Crippen LogP contribution in [-0.2, 0) is 6.42 Å². The van der Waals surface area contributed by atoms with Crippen LogP contribution in [0.1, 0.15) is 35.7 Å². The summed E-state index contributed by atoms with van der Waals surface area (Å²) in [5.41, 5.74) is 1.84. The fourth-order valence-electron chi connectivity index (χ4n) is 2.23. The highest BCUT2D eigenvalue weighted by atomic mass is 16.5. The molecule has 0 fully saturated rings. The van der Waals surface area contributed by atoms with Crippen molar-refractivity contribution in [1.29, 1.82) is 0 Å². The highest BCUT2D eigenvalue weighted by molar-refractivity contribution is 5.96. The van der Waals surface area contributed by atoms with E-state index in [1.165, 1.54) is 0 Å². The van der Waals surface area contributed by atoms with Crippen molar-refractivity contribution in [3.05, 3.63) is 59.7 Å². The molecule has 0 amide bonds. The smallest absolute Gasteiger partial charge is 0.163 e. The minimum absolute atomic E-state index is 0.160. The van der Waals surface area contributed by atoms with Gasteiger partial charge in [-0.2, -0.15) is 0 Å². The van der Waals surface area contributed by atoms with Crippen molar-refractivity contribution in [1.82, 2.24) is 0 Å². The Labute approximate surface area is 131 Å². The summed E-state index contributed by atoms with van der Waals surface area (Å²) in [4.78, 5) is 12.1. The van der Waals surface area contributed by atoms with E-state index in [9.17, 15) is 4.79 Å². The standard InChI is InChI=1S/C19H22O3/c1-3-13-22-19-14-15(10-12-18(19)21-2)9-11-17(20)16-7-5-4-6-8-16/h4-8,10,12,14H,3,9,11,13H2,1-2H3. The van der Waals surface area contributed by atoms with E-state index < -0.39 is 0 Å². The SMILES string of the molecule is CCCOc1cc(CCC(=O)c2ccccc2)ccc1OC. The van der Waals surface area contributed by atoms with Crippen molar-refractivity contribution in [3.8, 4) is 11.5 Å². The van der Waals surface area contributed by atoms with Crippen LogP contribution in [0, 0.1) is 0 Å². The molecule has 0 aromatic heterocycles. The monoisotopic (exact) mass is 298 g/mol. The highest BCUT2D eigenvalue weighted by Gasteiger charge is 2.09. The Morgan fingerprint density at radius 3 is 2.50 bits per heavy atom. The topological polar surface area (TPSA) is 35.5 Å². The Hall–Kier alpha value is -2.29. The summed E-state index contributed by atoms with van der Waals surface area (Å²) in [6, 6.07) is 15.2. The summed E-state index contributed by atoms with van der Waals surface area (Å²) < 4.78 is 11.0. The molecule has 22 heavy (non-hydrogen) atoms. The Balaban J connectivity index is 2.02. The van der Waals surface area contributed by atoms with Crippen LogP contribution >= 0.6 is 0 Å². The minimum atomic E-state index is 0.160. The number of Topliss-reactive ketones (excluding diaryl/α,β-unsaturated/α-hetero) is 1. The summed E-state index contributed by atoms with van der Waals surface area (Å²) >= 11 is 0. The van der Waals surface area contributed by atoms with Gasteiger partial charge in [0.15, 0.2) is 17.3 Å². The number of hydrogen-bond acceptors (Lipinski definition) is 3. The molecular formula is C19H22O3. The van der Waals surface area contributed by atoms with Gasteiger partial charge in [0, 0.05) is 12.0 Å². The molecule has 0 bridgehead atoms. The fourth-order valence-corrected chi connectivity index (χ4v) is 2.23. The zero-order valence-corrected chi connectivity index (χ0v) is 13.2. The number of benzene rings is 2. The van der Waals surface area contributed by atoms with E-state index in [-0.39, 0.29) is 5.78 Å². The summed E-state index contributed by atoms with van der Waals surface area (Å²) in [6.45, 7) is 2.72. The molecule has 2 aromatic carbocycles. The van der Waals surface area contributed by atoms with Gasteiger partial charge in [-0.15, -0.1) is 0 Å². The average Bonchev–Trinajstić information content (AvgIpc) is 2.58. The van der Waals surface area contributed by atoms with Gasteiger partial charge >= 0.3 is 0 Å². The van der Waals surface area contributed by atoms with Gasteiger partial charge in [-0.25, -0.2) is 0 Å². The number of carbonyl (C=O) groups excluding carboxylic acids is 1. The van der Waals surface area contributed by atoms with E-state index in [0.29, 0.717) is 19.4 Å². The summed E-state index contributed by atoms with van der Waals surface area (Å²) in [6.07, 6.45) is 2.13. The van der Waals surface area contributed by atoms with Gasteiger partial charge in [-0.3, -0.25) is 4.79 Å². The Bertz CT molecular complexity index is 605. The van der Waals surface area contributed by atoms with E-state index in [1.54, 1.807) is 7.11 Å². The first kappa shape index (κ1) is 16.1. The van der Waals surface area contributed by atoms with Gasteiger partial charge in [-0.05, 0) is 30.5 Å². The first-order valence-electron chi connectivity index (χ1n) is 7.62. The van der Waals surface area contributed by atoms with Gasteiger partial charge in [0.1, 0.15) is 0 Å². The Morgan fingerprint density at radius 2 is 1.82 bits per heavy atom. The molecule has 0 aliphatic carbocycles. The number of ether oxygens (including phenoxy) is 2. The number of aryl methyl sites for hydroxylation is 1. The quantitative estimate of drug-likeness (QED) is 0.682. The van der Waals surface area contributed by atoms with E-state index in [4.69, 9.17) is 9.47 Å². The normalized spacial score (nSPS) is 10.3. The first-order valence-corrected chi connectivity index (χ1v) is 7.62. The van der Waals surface area contributed by atoms with E-state index in [0.717, 1.165) is 29.0 Å². The highest BCUT2D eigenvalue weighted by Crippen LogP contribution is 2.28. The van der Waals surface area contributed by atoms with Crippen molar-refractivity contribution in [2.75, 3.05) is 13.7 Å². The molecule has 0 radical (unpaired) electrons. The lowest BCUT2D eigenvalue weighted by molar-refractivity contribution is 0.0983. The third-order valence-electron chi connectivity index (χ3n) is 3.43. The van der Waals surface area contributed by atoms with Gasteiger partial charge in [0.2, 0.25) is 0 Å². The predicted octanol–water partition coefficient (Wildman–Crippen LogP) is 4.30. The third-order valence-corrected chi connectivity index (χ3v) is 3.43. The van der Waals surface area contributed by atoms with Crippen molar-refractivity contribution in [3.63, 3.8) is 0 Å².